The van der Waals surface area contributed by atoms with Gasteiger partial charge in [-0.3, -0.25) is 9.69 Å². The van der Waals surface area contributed by atoms with Crippen molar-refractivity contribution in [3.05, 3.63) is 87.3 Å². The van der Waals surface area contributed by atoms with E-state index in [2.05, 4.69) is 46.5 Å². The molecule has 0 radical (unpaired) electrons. The Morgan fingerprint density at radius 3 is 2.50 bits per heavy atom. The van der Waals surface area contributed by atoms with Gasteiger partial charge >= 0.3 is 0 Å². The molecule has 1 aliphatic rings. The number of hydrogen-bond donors (Lipinski definition) is 1. The van der Waals surface area contributed by atoms with Crippen LogP contribution in [0.2, 0.25) is 5.02 Å². The molecule has 4 rings (SSSR count). The Morgan fingerprint density at radius 1 is 1.10 bits per heavy atom. The average molecular weight is 425 g/mol. The van der Waals surface area contributed by atoms with Crippen LogP contribution in [0.1, 0.15) is 17.2 Å². The van der Waals surface area contributed by atoms with Gasteiger partial charge in [-0.25, -0.2) is 0 Å². The van der Waals surface area contributed by atoms with Gasteiger partial charge < -0.3 is 10.1 Å². The second-order valence-electron chi connectivity index (χ2n) is 7.38. The van der Waals surface area contributed by atoms with Gasteiger partial charge in [-0.1, -0.05) is 59.6 Å². The summed E-state index contributed by atoms with van der Waals surface area (Å²) in [5, 5.41) is 7.80. The molecule has 156 valence electrons. The highest BCUT2D eigenvalue weighted by Crippen LogP contribution is 2.25. The predicted molar refractivity (Wildman–Crippen MR) is 120 cm³/mol. The van der Waals surface area contributed by atoms with Crippen LogP contribution in [0.15, 0.2) is 65.6 Å². The van der Waals surface area contributed by atoms with Crippen LogP contribution >= 0.6 is 11.6 Å². The van der Waals surface area contributed by atoms with Crippen molar-refractivity contribution in [2.24, 2.45) is 0 Å². The standard InChI is InChI=1S/C23H25ClN4O2/c1-17-7-9-18(10-8-17)21(27-11-13-30-14-12-27)16-25-20-15-26-28(23(29)22(20)24)19-5-3-2-4-6-19/h2-10,15,21,25H,11-14,16H2,1H3. The first-order valence-corrected chi connectivity index (χ1v) is 10.5. The normalized spacial score (nSPS) is 15.7. The van der Waals surface area contributed by atoms with Gasteiger partial charge in [0.05, 0.1) is 36.8 Å². The zero-order chi connectivity index (χ0) is 20.9. The van der Waals surface area contributed by atoms with Crippen LogP contribution in [-0.4, -0.2) is 47.5 Å². The predicted octanol–water partition coefficient (Wildman–Crippen LogP) is 3.68. The molecule has 1 aromatic heterocycles. The Morgan fingerprint density at radius 2 is 1.80 bits per heavy atom. The number of nitrogens with zero attached hydrogens (tertiary/aromatic N) is 3. The molecule has 1 N–H and O–H groups in total. The molecule has 2 aromatic carbocycles. The molecule has 30 heavy (non-hydrogen) atoms. The molecule has 1 aliphatic heterocycles. The molecule has 0 amide bonds. The molecule has 7 heteroatoms. The zero-order valence-electron chi connectivity index (χ0n) is 16.9. The lowest BCUT2D eigenvalue weighted by Crippen LogP contribution is -2.41. The summed E-state index contributed by atoms with van der Waals surface area (Å²) in [6.07, 6.45) is 1.61. The summed E-state index contributed by atoms with van der Waals surface area (Å²) in [4.78, 5) is 15.1. The van der Waals surface area contributed by atoms with Crippen LogP contribution in [0.5, 0.6) is 0 Å². The average Bonchev–Trinajstić information content (AvgIpc) is 2.79. The summed E-state index contributed by atoms with van der Waals surface area (Å²) < 4.78 is 6.83. The number of aryl methyl sites for hydroxylation is 1. The summed E-state index contributed by atoms with van der Waals surface area (Å²) in [6.45, 7) is 5.86. The van der Waals surface area contributed by atoms with E-state index in [4.69, 9.17) is 16.3 Å². The van der Waals surface area contributed by atoms with Crippen LogP contribution < -0.4 is 10.9 Å². The van der Waals surface area contributed by atoms with E-state index in [0.29, 0.717) is 17.9 Å². The molecule has 0 aliphatic carbocycles. The lowest BCUT2D eigenvalue weighted by molar-refractivity contribution is 0.0187. The molecule has 0 spiro atoms. The van der Waals surface area contributed by atoms with Crippen LogP contribution in [-0.2, 0) is 4.74 Å². The van der Waals surface area contributed by atoms with Gasteiger partial charge in [0, 0.05) is 19.6 Å². The van der Waals surface area contributed by atoms with Crippen molar-refractivity contribution in [3.63, 3.8) is 0 Å². The first kappa shape index (κ1) is 20.6. The molecular weight excluding hydrogens is 400 g/mol. The molecule has 1 atom stereocenters. The van der Waals surface area contributed by atoms with Gasteiger partial charge in [0.2, 0.25) is 0 Å². The third-order valence-corrected chi connectivity index (χ3v) is 5.72. The van der Waals surface area contributed by atoms with Crippen molar-refractivity contribution in [3.8, 4) is 5.69 Å². The number of ether oxygens (including phenoxy) is 1. The SMILES string of the molecule is Cc1ccc(C(CNc2cnn(-c3ccccc3)c(=O)c2Cl)N2CCOCC2)cc1. The monoisotopic (exact) mass is 424 g/mol. The van der Waals surface area contributed by atoms with Crippen molar-refractivity contribution < 1.29 is 4.74 Å². The van der Waals surface area contributed by atoms with E-state index in [1.165, 1.54) is 15.8 Å². The largest absolute Gasteiger partial charge is 0.380 e. The van der Waals surface area contributed by atoms with Gasteiger partial charge in [-0.05, 0) is 24.6 Å². The number of rotatable bonds is 6. The number of halogens is 1. The second kappa shape index (κ2) is 9.43. The highest BCUT2D eigenvalue weighted by molar-refractivity contribution is 6.32. The Labute approximate surface area is 181 Å². The number of para-hydroxylation sites is 1. The quantitative estimate of drug-likeness (QED) is 0.654. The number of aromatic nitrogens is 2. The first-order chi connectivity index (χ1) is 14.6. The van der Waals surface area contributed by atoms with Crippen molar-refractivity contribution in [2.75, 3.05) is 38.2 Å². The summed E-state index contributed by atoms with van der Waals surface area (Å²) >= 11 is 6.41. The zero-order valence-corrected chi connectivity index (χ0v) is 17.7. The minimum atomic E-state index is -0.342. The minimum Gasteiger partial charge on any atom is -0.380 e. The van der Waals surface area contributed by atoms with E-state index in [1.54, 1.807) is 6.20 Å². The highest BCUT2D eigenvalue weighted by Gasteiger charge is 2.23. The lowest BCUT2D eigenvalue weighted by atomic mass is 10.0. The van der Waals surface area contributed by atoms with E-state index in [1.807, 2.05) is 30.3 Å². The molecule has 2 heterocycles. The third-order valence-electron chi connectivity index (χ3n) is 5.35. The number of anilines is 1. The van der Waals surface area contributed by atoms with Crippen LogP contribution in [0.25, 0.3) is 5.69 Å². The maximum Gasteiger partial charge on any atom is 0.292 e. The third kappa shape index (κ3) is 4.56. The summed E-state index contributed by atoms with van der Waals surface area (Å²) in [7, 11) is 0. The van der Waals surface area contributed by atoms with Gasteiger partial charge in [0.1, 0.15) is 5.02 Å². The van der Waals surface area contributed by atoms with Gasteiger partial charge in [-0.15, -0.1) is 0 Å². The van der Waals surface area contributed by atoms with E-state index in [0.717, 1.165) is 26.3 Å². The van der Waals surface area contributed by atoms with Crippen LogP contribution in [0.3, 0.4) is 0 Å². The summed E-state index contributed by atoms with van der Waals surface area (Å²) in [5.41, 5.74) is 3.33. The van der Waals surface area contributed by atoms with Gasteiger partial charge in [-0.2, -0.15) is 9.78 Å². The van der Waals surface area contributed by atoms with E-state index in [-0.39, 0.29) is 16.6 Å². The van der Waals surface area contributed by atoms with Crippen molar-refractivity contribution in [1.82, 2.24) is 14.7 Å². The van der Waals surface area contributed by atoms with E-state index >= 15 is 0 Å². The Kier molecular flexibility index (Phi) is 6.47. The molecule has 0 saturated carbocycles. The van der Waals surface area contributed by atoms with Crippen molar-refractivity contribution in [2.45, 2.75) is 13.0 Å². The molecule has 6 nitrogen and oxygen atoms in total. The Bertz CT molecular complexity index is 1030. The molecule has 3 aromatic rings. The topological polar surface area (TPSA) is 59.4 Å². The maximum absolute atomic E-state index is 12.7. The number of nitrogens with one attached hydrogen (secondary N) is 1. The first-order valence-electron chi connectivity index (χ1n) is 10.1. The molecular formula is C23H25ClN4O2. The van der Waals surface area contributed by atoms with Crippen molar-refractivity contribution in [1.29, 1.82) is 0 Å². The number of benzene rings is 2. The van der Waals surface area contributed by atoms with Gasteiger partial charge in [0.25, 0.3) is 5.56 Å². The molecule has 1 unspecified atom stereocenters. The number of hydrogen-bond acceptors (Lipinski definition) is 5. The number of morpholine rings is 1. The fraction of sp³-hybridized carbons (Fsp3) is 0.304. The molecule has 1 fully saturated rings. The second-order valence-corrected chi connectivity index (χ2v) is 7.76. The minimum absolute atomic E-state index is 0.137. The van der Waals surface area contributed by atoms with E-state index in [9.17, 15) is 4.79 Å². The fourth-order valence-electron chi connectivity index (χ4n) is 3.65. The highest BCUT2D eigenvalue weighted by atomic mass is 35.5. The lowest BCUT2D eigenvalue weighted by Gasteiger charge is -2.35. The van der Waals surface area contributed by atoms with Crippen LogP contribution in [0, 0.1) is 6.92 Å². The smallest absolute Gasteiger partial charge is 0.292 e. The summed E-state index contributed by atoms with van der Waals surface area (Å²) in [6, 6.07) is 18.0. The Hall–Kier alpha value is -2.67. The van der Waals surface area contributed by atoms with Crippen molar-refractivity contribution >= 4 is 17.3 Å². The summed E-state index contributed by atoms with van der Waals surface area (Å²) in [5.74, 6) is 0. The van der Waals surface area contributed by atoms with Gasteiger partial charge in [0.15, 0.2) is 0 Å². The molecule has 0 bridgehead atoms. The molecule has 1 saturated heterocycles. The van der Waals surface area contributed by atoms with Crippen LogP contribution in [0.4, 0.5) is 5.69 Å². The Balaban J connectivity index is 1.56. The van der Waals surface area contributed by atoms with E-state index < -0.39 is 0 Å². The maximum atomic E-state index is 12.7. The fourth-order valence-corrected chi connectivity index (χ4v) is 3.85.